The van der Waals surface area contributed by atoms with Gasteiger partial charge in [0.15, 0.2) is 6.10 Å². The van der Waals surface area contributed by atoms with E-state index < -0.39 is 12.0 Å². The molecule has 0 aliphatic rings. The van der Waals surface area contributed by atoms with E-state index in [1.165, 1.54) is 0 Å². The average Bonchev–Trinajstić information content (AvgIpc) is 2.56. The van der Waals surface area contributed by atoms with Crippen molar-refractivity contribution in [3.63, 3.8) is 0 Å². The third-order valence-electron chi connectivity index (χ3n) is 3.29. The summed E-state index contributed by atoms with van der Waals surface area (Å²) in [7, 11) is 3.97. The van der Waals surface area contributed by atoms with Crippen LogP contribution in [0.15, 0.2) is 54.6 Å². The van der Waals surface area contributed by atoms with E-state index in [1.807, 2.05) is 25.1 Å². The number of benzene rings is 2. The smallest absolute Gasteiger partial charge is 0.257 e. The van der Waals surface area contributed by atoms with Gasteiger partial charge in [0.25, 0.3) is 5.91 Å². The van der Waals surface area contributed by atoms with E-state index in [0.717, 1.165) is 12.3 Å². The molecule has 0 heterocycles. The number of amides is 1. The number of anilines is 1. The lowest BCUT2D eigenvalue weighted by molar-refractivity contribution is -0.124. The first kappa shape index (κ1) is 17.0. The monoisotopic (exact) mass is 314 g/mol. The van der Waals surface area contributed by atoms with Crippen molar-refractivity contribution in [2.45, 2.75) is 6.10 Å². The summed E-state index contributed by atoms with van der Waals surface area (Å²) in [6.45, 7) is 1.44. The fourth-order valence-corrected chi connectivity index (χ4v) is 1.98. The summed E-state index contributed by atoms with van der Waals surface area (Å²) in [5.74, 6) is 0.283. The Balaban J connectivity index is 1.89. The van der Waals surface area contributed by atoms with Crippen molar-refractivity contribution in [1.29, 1.82) is 0 Å². The van der Waals surface area contributed by atoms with Gasteiger partial charge in [-0.05, 0) is 43.9 Å². The number of aliphatic hydroxyl groups is 1. The van der Waals surface area contributed by atoms with E-state index in [2.05, 4.69) is 5.32 Å². The minimum atomic E-state index is -1.19. The molecule has 2 aromatic carbocycles. The Labute approximate surface area is 136 Å². The number of hydrogen-bond acceptors (Lipinski definition) is 4. The second-order valence-corrected chi connectivity index (χ2v) is 5.48. The summed E-state index contributed by atoms with van der Waals surface area (Å²) >= 11 is 0. The van der Waals surface area contributed by atoms with Gasteiger partial charge in [-0.2, -0.15) is 0 Å². The first-order valence-electron chi connectivity index (χ1n) is 7.48. The van der Waals surface area contributed by atoms with Crippen molar-refractivity contribution < 1.29 is 14.6 Å². The maximum atomic E-state index is 12.0. The fraction of sp³-hybridized carbons (Fsp3) is 0.278. The van der Waals surface area contributed by atoms with Gasteiger partial charge < -0.3 is 20.1 Å². The van der Waals surface area contributed by atoms with Crippen LogP contribution in [-0.2, 0) is 4.79 Å². The molecular formula is C18H22N2O3. The van der Waals surface area contributed by atoms with Crippen molar-refractivity contribution >= 4 is 11.6 Å². The van der Waals surface area contributed by atoms with E-state index in [9.17, 15) is 9.90 Å². The van der Waals surface area contributed by atoms with Crippen molar-refractivity contribution in [2.75, 3.05) is 32.6 Å². The molecule has 5 heteroatoms. The lowest BCUT2D eigenvalue weighted by Gasteiger charge is -2.13. The molecule has 23 heavy (non-hydrogen) atoms. The van der Waals surface area contributed by atoms with Gasteiger partial charge in [0.05, 0.1) is 0 Å². The van der Waals surface area contributed by atoms with Gasteiger partial charge >= 0.3 is 0 Å². The number of rotatable bonds is 7. The van der Waals surface area contributed by atoms with E-state index in [1.54, 1.807) is 48.5 Å². The molecule has 0 saturated heterocycles. The zero-order chi connectivity index (χ0) is 16.7. The highest BCUT2D eigenvalue weighted by molar-refractivity contribution is 5.94. The SMILES string of the molecule is CN(C)CCOc1ccc(NC(=O)C(O)c2ccccc2)cc1. The second kappa shape index (κ2) is 8.31. The van der Waals surface area contributed by atoms with Gasteiger partial charge in [-0.3, -0.25) is 4.79 Å². The summed E-state index contributed by atoms with van der Waals surface area (Å²) in [5.41, 5.74) is 1.18. The third kappa shape index (κ3) is 5.39. The normalized spacial score (nSPS) is 12.0. The number of nitrogens with zero attached hydrogens (tertiary/aromatic N) is 1. The summed E-state index contributed by atoms with van der Waals surface area (Å²) in [4.78, 5) is 14.1. The Hall–Kier alpha value is -2.37. The molecule has 0 aromatic heterocycles. The number of likely N-dealkylation sites (N-methyl/N-ethyl adjacent to an activating group) is 1. The van der Waals surface area contributed by atoms with Crippen LogP contribution in [0.25, 0.3) is 0 Å². The van der Waals surface area contributed by atoms with Crippen molar-refractivity contribution in [3.8, 4) is 5.75 Å². The highest BCUT2D eigenvalue weighted by Crippen LogP contribution is 2.18. The van der Waals surface area contributed by atoms with Crippen LogP contribution in [0.5, 0.6) is 5.75 Å². The van der Waals surface area contributed by atoms with Gasteiger partial charge in [-0.1, -0.05) is 30.3 Å². The molecule has 0 aliphatic heterocycles. The van der Waals surface area contributed by atoms with E-state index >= 15 is 0 Å². The quantitative estimate of drug-likeness (QED) is 0.823. The predicted molar refractivity (Wildman–Crippen MR) is 90.5 cm³/mol. The van der Waals surface area contributed by atoms with Crippen molar-refractivity contribution in [2.24, 2.45) is 0 Å². The Bertz CT molecular complexity index is 612. The van der Waals surface area contributed by atoms with Crippen LogP contribution in [0, 0.1) is 0 Å². The Morgan fingerprint density at radius 3 is 2.39 bits per heavy atom. The molecule has 5 nitrogen and oxygen atoms in total. The molecule has 0 spiro atoms. The lowest BCUT2D eigenvalue weighted by Crippen LogP contribution is -2.20. The summed E-state index contributed by atoms with van der Waals surface area (Å²) in [6, 6.07) is 15.9. The van der Waals surface area contributed by atoms with Crippen LogP contribution < -0.4 is 10.1 Å². The third-order valence-corrected chi connectivity index (χ3v) is 3.29. The number of nitrogens with one attached hydrogen (secondary N) is 1. The maximum Gasteiger partial charge on any atom is 0.257 e. The molecule has 1 unspecified atom stereocenters. The number of aliphatic hydroxyl groups excluding tert-OH is 1. The van der Waals surface area contributed by atoms with Gasteiger partial charge in [0, 0.05) is 12.2 Å². The first-order valence-corrected chi connectivity index (χ1v) is 7.48. The molecule has 1 amide bonds. The van der Waals surface area contributed by atoms with Gasteiger partial charge in [-0.25, -0.2) is 0 Å². The van der Waals surface area contributed by atoms with Crippen LogP contribution in [0.2, 0.25) is 0 Å². The Morgan fingerprint density at radius 2 is 1.78 bits per heavy atom. The number of ether oxygens (including phenoxy) is 1. The van der Waals surface area contributed by atoms with Crippen LogP contribution in [0.4, 0.5) is 5.69 Å². The number of carbonyl (C=O) groups excluding carboxylic acids is 1. The number of hydrogen-bond donors (Lipinski definition) is 2. The predicted octanol–water partition coefficient (Wildman–Crippen LogP) is 2.30. The van der Waals surface area contributed by atoms with E-state index in [-0.39, 0.29) is 0 Å². The zero-order valence-electron chi connectivity index (χ0n) is 13.4. The summed E-state index contributed by atoms with van der Waals surface area (Å²) in [6.07, 6.45) is -1.19. The van der Waals surface area contributed by atoms with E-state index in [4.69, 9.17) is 4.74 Å². The molecule has 0 saturated carbocycles. The van der Waals surface area contributed by atoms with Gasteiger partial charge in [-0.15, -0.1) is 0 Å². The topological polar surface area (TPSA) is 61.8 Å². The largest absolute Gasteiger partial charge is 0.492 e. The van der Waals surface area contributed by atoms with Crippen molar-refractivity contribution in [3.05, 3.63) is 60.2 Å². The zero-order valence-corrected chi connectivity index (χ0v) is 13.4. The fourth-order valence-electron chi connectivity index (χ4n) is 1.98. The lowest BCUT2D eigenvalue weighted by atomic mass is 10.1. The maximum absolute atomic E-state index is 12.0. The van der Waals surface area contributed by atoms with Crippen molar-refractivity contribution in [1.82, 2.24) is 4.90 Å². The van der Waals surface area contributed by atoms with Crippen LogP contribution in [-0.4, -0.2) is 43.2 Å². The molecule has 2 rings (SSSR count). The molecule has 1 atom stereocenters. The van der Waals surface area contributed by atoms with Crippen LogP contribution in [0.1, 0.15) is 11.7 Å². The van der Waals surface area contributed by atoms with Crippen LogP contribution >= 0.6 is 0 Å². The Kier molecular flexibility index (Phi) is 6.14. The molecule has 0 fully saturated rings. The average molecular weight is 314 g/mol. The minimum Gasteiger partial charge on any atom is -0.492 e. The first-order chi connectivity index (χ1) is 11.1. The molecular weight excluding hydrogens is 292 g/mol. The Morgan fingerprint density at radius 1 is 1.13 bits per heavy atom. The molecule has 0 radical (unpaired) electrons. The highest BCUT2D eigenvalue weighted by Gasteiger charge is 2.16. The molecule has 122 valence electrons. The molecule has 2 aromatic rings. The van der Waals surface area contributed by atoms with Gasteiger partial charge in [0.1, 0.15) is 12.4 Å². The second-order valence-electron chi connectivity index (χ2n) is 5.48. The highest BCUT2D eigenvalue weighted by atomic mass is 16.5. The summed E-state index contributed by atoms with van der Waals surface area (Å²) in [5, 5.41) is 12.7. The van der Waals surface area contributed by atoms with Crippen LogP contribution in [0.3, 0.4) is 0 Å². The number of carbonyl (C=O) groups is 1. The minimum absolute atomic E-state index is 0.461. The van der Waals surface area contributed by atoms with Gasteiger partial charge in [0.2, 0.25) is 0 Å². The molecule has 2 N–H and O–H groups in total. The van der Waals surface area contributed by atoms with E-state index in [0.29, 0.717) is 17.9 Å². The molecule has 0 bridgehead atoms. The molecule has 0 aliphatic carbocycles. The standard InChI is InChI=1S/C18H22N2O3/c1-20(2)12-13-23-16-10-8-15(9-11-16)19-18(22)17(21)14-6-4-3-5-7-14/h3-11,17,21H,12-13H2,1-2H3,(H,19,22). The summed E-state index contributed by atoms with van der Waals surface area (Å²) < 4.78 is 5.59.